The molecule has 21 heavy (non-hydrogen) atoms. The van der Waals surface area contributed by atoms with E-state index in [1.165, 1.54) is 12.4 Å². The van der Waals surface area contributed by atoms with Gasteiger partial charge in [0.1, 0.15) is 0 Å². The first-order valence-corrected chi connectivity index (χ1v) is 6.93. The van der Waals surface area contributed by atoms with E-state index in [9.17, 15) is 4.79 Å². The fraction of sp³-hybridized carbons (Fsp3) is 0.312. The molecule has 0 aliphatic heterocycles. The first kappa shape index (κ1) is 15.0. The summed E-state index contributed by atoms with van der Waals surface area (Å²) >= 11 is 0. The molecule has 2 aromatic rings. The summed E-state index contributed by atoms with van der Waals surface area (Å²) < 4.78 is 0. The molecule has 0 radical (unpaired) electrons. The summed E-state index contributed by atoms with van der Waals surface area (Å²) in [6.45, 7) is 7.88. The average molecular weight is 284 g/mol. The zero-order valence-corrected chi connectivity index (χ0v) is 12.8. The normalized spacial score (nSPS) is 10.5. The van der Waals surface area contributed by atoms with E-state index in [-0.39, 0.29) is 11.9 Å². The van der Waals surface area contributed by atoms with Gasteiger partial charge in [-0.1, -0.05) is 18.2 Å². The Hall–Kier alpha value is -2.43. The topological polar surface area (TPSA) is 66.9 Å². The zero-order chi connectivity index (χ0) is 15.4. The van der Waals surface area contributed by atoms with Crippen LogP contribution in [0.5, 0.6) is 0 Å². The second-order valence-corrected chi connectivity index (χ2v) is 5.32. The summed E-state index contributed by atoms with van der Waals surface area (Å²) in [6.07, 6.45) is 3.06. The third kappa shape index (κ3) is 3.78. The van der Waals surface area contributed by atoms with Crippen molar-refractivity contribution in [2.24, 2.45) is 0 Å². The van der Waals surface area contributed by atoms with Crippen LogP contribution in [0.2, 0.25) is 0 Å². The first-order chi connectivity index (χ1) is 9.97. The lowest BCUT2D eigenvalue weighted by molar-refractivity contribution is 0.0942. The van der Waals surface area contributed by atoms with Gasteiger partial charge in [0.15, 0.2) is 0 Å². The summed E-state index contributed by atoms with van der Waals surface area (Å²) in [6, 6.07) is 6.15. The Morgan fingerprint density at radius 3 is 2.19 bits per heavy atom. The second-order valence-electron chi connectivity index (χ2n) is 5.32. The minimum Gasteiger partial charge on any atom is -0.350 e. The van der Waals surface area contributed by atoms with Gasteiger partial charge < -0.3 is 10.6 Å². The molecule has 110 valence electrons. The molecule has 2 rings (SSSR count). The Morgan fingerprint density at radius 2 is 1.67 bits per heavy atom. The van der Waals surface area contributed by atoms with Crippen molar-refractivity contribution in [3.63, 3.8) is 0 Å². The zero-order valence-electron chi connectivity index (χ0n) is 12.8. The van der Waals surface area contributed by atoms with Gasteiger partial charge in [-0.3, -0.25) is 4.79 Å². The Kier molecular flexibility index (Phi) is 4.52. The summed E-state index contributed by atoms with van der Waals surface area (Å²) in [5.41, 5.74) is 3.70. The highest BCUT2D eigenvalue weighted by Gasteiger charge is 2.09. The van der Waals surface area contributed by atoms with Crippen molar-refractivity contribution in [1.82, 2.24) is 15.3 Å². The number of aromatic nitrogens is 2. The highest BCUT2D eigenvalue weighted by molar-refractivity contribution is 5.93. The molecule has 1 heterocycles. The highest BCUT2D eigenvalue weighted by atomic mass is 16.1. The van der Waals surface area contributed by atoms with Crippen LogP contribution in [0.4, 0.5) is 11.6 Å². The molecule has 2 N–H and O–H groups in total. The number of hydrogen-bond acceptors (Lipinski definition) is 4. The number of nitrogens with one attached hydrogen (secondary N) is 2. The van der Waals surface area contributed by atoms with Gasteiger partial charge in [0.25, 0.3) is 5.91 Å². The predicted octanol–water partition coefficient (Wildman–Crippen LogP) is 2.98. The Balaban J connectivity index is 2.15. The molecule has 0 atom stereocenters. The van der Waals surface area contributed by atoms with E-state index in [0.717, 1.165) is 16.8 Å². The molecule has 0 fully saturated rings. The van der Waals surface area contributed by atoms with Crippen molar-refractivity contribution >= 4 is 17.5 Å². The molecule has 0 aliphatic rings. The van der Waals surface area contributed by atoms with E-state index in [1.807, 2.05) is 45.9 Å². The third-order valence-electron chi connectivity index (χ3n) is 3.05. The Morgan fingerprint density at radius 1 is 1.10 bits per heavy atom. The van der Waals surface area contributed by atoms with E-state index in [0.29, 0.717) is 11.5 Å². The smallest absolute Gasteiger partial charge is 0.254 e. The molecule has 0 saturated carbocycles. The van der Waals surface area contributed by atoms with Crippen LogP contribution in [0.1, 0.15) is 35.3 Å². The molecule has 0 unspecified atom stereocenters. The number of hydrogen-bond donors (Lipinski definition) is 2. The van der Waals surface area contributed by atoms with E-state index < -0.39 is 0 Å². The highest BCUT2D eigenvalue weighted by Crippen LogP contribution is 2.22. The van der Waals surface area contributed by atoms with Crippen molar-refractivity contribution < 1.29 is 4.79 Å². The van der Waals surface area contributed by atoms with E-state index >= 15 is 0 Å². The maximum atomic E-state index is 11.8. The van der Waals surface area contributed by atoms with Crippen molar-refractivity contribution in [3.05, 3.63) is 47.3 Å². The van der Waals surface area contributed by atoms with Crippen LogP contribution in [0.25, 0.3) is 0 Å². The molecular formula is C16H20N4O. The van der Waals surface area contributed by atoms with Gasteiger partial charge in [0.2, 0.25) is 5.95 Å². The molecule has 0 bridgehead atoms. The minimum atomic E-state index is -0.163. The molecule has 0 aliphatic carbocycles. The number of amides is 1. The molecule has 0 spiro atoms. The largest absolute Gasteiger partial charge is 0.350 e. The lowest BCUT2D eigenvalue weighted by Crippen LogP contribution is -2.30. The van der Waals surface area contributed by atoms with E-state index in [2.05, 4.69) is 20.6 Å². The van der Waals surface area contributed by atoms with Crippen LogP contribution in [-0.2, 0) is 0 Å². The van der Waals surface area contributed by atoms with Crippen molar-refractivity contribution in [1.29, 1.82) is 0 Å². The van der Waals surface area contributed by atoms with Crippen LogP contribution in [0.3, 0.4) is 0 Å². The lowest BCUT2D eigenvalue weighted by atomic mass is 10.1. The van der Waals surface area contributed by atoms with Gasteiger partial charge >= 0.3 is 0 Å². The molecule has 0 saturated heterocycles. The fourth-order valence-corrected chi connectivity index (χ4v) is 1.98. The van der Waals surface area contributed by atoms with Crippen LogP contribution >= 0.6 is 0 Å². The quantitative estimate of drug-likeness (QED) is 0.905. The van der Waals surface area contributed by atoms with Gasteiger partial charge in [0.05, 0.1) is 5.56 Å². The standard InChI is InChI=1S/C16H20N4O/c1-10(2)19-15(21)13-8-17-16(18-9-13)20-14-11(3)6-5-7-12(14)4/h5-10H,1-4H3,(H,19,21)(H,17,18,20). The van der Waals surface area contributed by atoms with E-state index in [4.69, 9.17) is 0 Å². The van der Waals surface area contributed by atoms with Crippen LogP contribution in [-0.4, -0.2) is 21.9 Å². The van der Waals surface area contributed by atoms with Gasteiger partial charge in [-0.15, -0.1) is 0 Å². The lowest BCUT2D eigenvalue weighted by Gasteiger charge is -2.11. The second kappa shape index (κ2) is 6.35. The van der Waals surface area contributed by atoms with Gasteiger partial charge in [-0.05, 0) is 38.8 Å². The number of benzene rings is 1. The van der Waals surface area contributed by atoms with Crippen molar-refractivity contribution in [2.75, 3.05) is 5.32 Å². The molecule has 5 heteroatoms. The molecule has 1 amide bonds. The molecule has 1 aromatic heterocycles. The Labute approximate surface area is 124 Å². The fourth-order valence-electron chi connectivity index (χ4n) is 1.98. The number of nitrogens with zero attached hydrogens (tertiary/aromatic N) is 2. The van der Waals surface area contributed by atoms with Crippen LogP contribution in [0.15, 0.2) is 30.6 Å². The first-order valence-electron chi connectivity index (χ1n) is 6.93. The number of carbonyl (C=O) groups excluding carboxylic acids is 1. The van der Waals surface area contributed by atoms with E-state index in [1.54, 1.807) is 0 Å². The van der Waals surface area contributed by atoms with Gasteiger partial charge in [0, 0.05) is 24.1 Å². The summed E-state index contributed by atoms with van der Waals surface area (Å²) in [4.78, 5) is 20.2. The average Bonchev–Trinajstić information content (AvgIpc) is 2.43. The molecule has 1 aromatic carbocycles. The number of rotatable bonds is 4. The van der Waals surface area contributed by atoms with Crippen LogP contribution < -0.4 is 10.6 Å². The van der Waals surface area contributed by atoms with Crippen LogP contribution in [0, 0.1) is 13.8 Å². The molecular weight excluding hydrogens is 264 g/mol. The summed E-state index contributed by atoms with van der Waals surface area (Å²) in [5, 5.41) is 6.00. The number of anilines is 2. The SMILES string of the molecule is Cc1cccc(C)c1Nc1ncc(C(=O)NC(C)C)cn1. The number of aryl methyl sites for hydroxylation is 2. The van der Waals surface area contributed by atoms with Crippen molar-refractivity contribution in [2.45, 2.75) is 33.7 Å². The predicted molar refractivity (Wildman–Crippen MR) is 83.8 cm³/mol. The van der Waals surface area contributed by atoms with Crippen molar-refractivity contribution in [3.8, 4) is 0 Å². The summed E-state index contributed by atoms with van der Waals surface area (Å²) in [5.74, 6) is 0.317. The monoisotopic (exact) mass is 284 g/mol. The third-order valence-corrected chi connectivity index (χ3v) is 3.05. The Bertz CT molecular complexity index is 615. The summed E-state index contributed by atoms with van der Waals surface area (Å²) in [7, 11) is 0. The minimum absolute atomic E-state index is 0.0879. The molecule has 5 nitrogen and oxygen atoms in total. The van der Waals surface area contributed by atoms with Gasteiger partial charge in [-0.2, -0.15) is 0 Å². The number of carbonyl (C=O) groups is 1. The number of para-hydroxylation sites is 1. The maximum absolute atomic E-state index is 11.8. The van der Waals surface area contributed by atoms with Gasteiger partial charge in [-0.25, -0.2) is 9.97 Å². The maximum Gasteiger partial charge on any atom is 0.254 e.